The molecule has 2 aromatic rings. The van der Waals surface area contributed by atoms with Gasteiger partial charge in [0.25, 0.3) is 0 Å². The van der Waals surface area contributed by atoms with Crippen LogP contribution in [0.4, 0.5) is 0 Å². The van der Waals surface area contributed by atoms with Crippen molar-refractivity contribution in [3.8, 4) is 0 Å². The van der Waals surface area contributed by atoms with Gasteiger partial charge in [-0.2, -0.15) is 0 Å². The van der Waals surface area contributed by atoms with E-state index >= 15 is 0 Å². The maximum absolute atomic E-state index is 14.0. The molecule has 326 valence electrons. The summed E-state index contributed by atoms with van der Waals surface area (Å²) in [7, 11) is 0. The number of carbonyl (C=O) groups is 4. The number of aryl methyl sites for hydroxylation is 2. The molecular formula is C50H78O8. The SMILES string of the molecule is CCCCC(CC)COC(=O)c1ccc(CCc2cccc(C(=O)OCC(CC)CCCC)c2C(=O)OCC(CC)CCCC)cc1C(=O)OCC(CC)CCCC. The molecular weight excluding hydrogens is 729 g/mol. The van der Waals surface area contributed by atoms with E-state index in [1.807, 2.05) is 12.1 Å². The lowest BCUT2D eigenvalue weighted by molar-refractivity contribution is 0.0380. The van der Waals surface area contributed by atoms with Gasteiger partial charge >= 0.3 is 23.9 Å². The number of rotatable bonds is 31. The van der Waals surface area contributed by atoms with Crippen LogP contribution in [-0.4, -0.2) is 50.3 Å². The van der Waals surface area contributed by atoms with E-state index in [0.717, 1.165) is 108 Å². The molecule has 0 spiro atoms. The summed E-state index contributed by atoms with van der Waals surface area (Å²) in [4.78, 5) is 54.9. The quantitative estimate of drug-likeness (QED) is 0.0548. The normalized spacial score (nSPS) is 13.3. The van der Waals surface area contributed by atoms with Crippen molar-refractivity contribution < 1.29 is 38.1 Å². The number of hydrogen-bond donors (Lipinski definition) is 0. The average Bonchev–Trinajstić information content (AvgIpc) is 3.25. The minimum atomic E-state index is -0.548. The highest BCUT2D eigenvalue weighted by Crippen LogP contribution is 2.25. The van der Waals surface area contributed by atoms with Crippen molar-refractivity contribution in [3.05, 3.63) is 69.8 Å². The first-order valence-electron chi connectivity index (χ1n) is 23.0. The number of carbonyl (C=O) groups excluding carboxylic acids is 4. The first-order valence-corrected chi connectivity index (χ1v) is 23.0. The monoisotopic (exact) mass is 807 g/mol. The van der Waals surface area contributed by atoms with Crippen LogP contribution >= 0.6 is 0 Å². The third-order valence-electron chi connectivity index (χ3n) is 11.8. The number of ether oxygens (including phenoxy) is 4. The molecule has 0 fully saturated rings. The molecule has 0 radical (unpaired) electrons. The van der Waals surface area contributed by atoms with E-state index in [1.165, 1.54) is 0 Å². The Kier molecular flexibility index (Phi) is 25.7. The second kappa shape index (κ2) is 29.5. The second-order valence-corrected chi connectivity index (χ2v) is 16.3. The van der Waals surface area contributed by atoms with Crippen LogP contribution in [0.3, 0.4) is 0 Å². The van der Waals surface area contributed by atoms with Crippen molar-refractivity contribution in [3.63, 3.8) is 0 Å². The lowest BCUT2D eigenvalue weighted by atomic mass is 9.94. The van der Waals surface area contributed by atoms with Crippen LogP contribution in [-0.2, 0) is 31.8 Å². The molecule has 2 rings (SSSR count). The predicted molar refractivity (Wildman–Crippen MR) is 235 cm³/mol. The van der Waals surface area contributed by atoms with Crippen molar-refractivity contribution in [1.82, 2.24) is 0 Å². The molecule has 0 saturated heterocycles. The first kappa shape index (κ1) is 50.5. The van der Waals surface area contributed by atoms with Gasteiger partial charge in [0.1, 0.15) is 0 Å². The van der Waals surface area contributed by atoms with Crippen LogP contribution in [0.2, 0.25) is 0 Å². The Balaban J connectivity index is 2.47. The van der Waals surface area contributed by atoms with Crippen LogP contribution < -0.4 is 0 Å². The highest BCUT2D eigenvalue weighted by atomic mass is 16.5. The molecule has 4 atom stereocenters. The average molecular weight is 807 g/mol. The highest BCUT2D eigenvalue weighted by Gasteiger charge is 2.26. The maximum atomic E-state index is 14.0. The molecule has 0 heterocycles. The van der Waals surface area contributed by atoms with Crippen LogP contribution in [0.1, 0.15) is 211 Å². The summed E-state index contributed by atoms with van der Waals surface area (Å²) < 4.78 is 23.5. The van der Waals surface area contributed by atoms with Gasteiger partial charge in [0.15, 0.2) is 0 Å². The smallest absolute Gasteiger partial charge is 0.339 e. The predicted octanol–water partition coefficient (Wildman–Crippen LogP) is 13.0. The van der Waals surface area contributed by atoms with Gasteiger partial charge in [-0.15, -0.1) is 0 Å². The fourth-order valence-electron chi connectivity index (χ4n) is 7.26. The zero-order valence-electron chi connectivity index (χ0n) is 37.6. The molecule has 0 aliphatic rings. The zero-order chi connectivity index (χ0) is 42.7. The third-order valence-corrected chi connectivity index (χ3v) is 11.8. The van der Waals surface area contributed by atoms with Crippen LogP contribution in [0.15, 0.2) is 36.4 Å². The van der Waals surface area contributed by atoms with E-state index in [-0.39, 0.29) is 59.1 Å². The highest BCUT2D eigenvalue weighted by molar-refractivity contribution is 6.04. The van der Waals surface area contributed by atoms with Crippen molar-refractivity contribution in [2.75, 3.05) is 26.4 Å². The van der Waals surface area contributed by atoms with Crippen molar-refractivity contribution in [1.29, 1.82) is 0 Å². The maximum Gasteiger partial charge on any atom is 0.339 e. The van der Waals surface area contributed by atoms with Crippen molar-refractivity contribution >= 4 is 23.9 Å². The summed E-state index contributed by atoms with van der Waals surface area (Å²) in [6.07, 6.45) is 16.9. The number of benzene rings is 2. The molecule has 0 saturated carbocycles. The number of unbranched alkanes of at least 4 members (excludes halogenated alkanes) is 4. The minimum absolute atomic E-state index is 0.178. The fourth-order valence-corrected chi connectivity index (χ4v) is 7.26. The second-order valence-electron chi connectivity index (χ2n) is 16.3. The number of hydrogen-bond acceptors (Lipinski definition) is 8. The van der Waals surface area contributed by atoms with Gasteiger partial charge in [-0.25, -0.2) is 19.2 Å². The van der Waals surface area contributed by atoms with Gasteiger partial charge in [0, 0.05) is 0 Å². The first-order chi connectivity index (χ1) is 28.1. The van der Waals surface area contributed by atoms with E-state index < -0.39 is 23.9 Å². The molecule has 58 heavy (non-hydrogen) atoms. The lowest BCUT2D eigenvalue weighted by Crippen LogP contribution is -2.21. The van der Waals surface area contributed by atoms with Gasteiger partial charge in [0.2, 0.25) is 0 Å². The van der Waals surface area contributed by atoms with E-state index in [0.29, 0.717) is 31.6 Å². The Bertz CT molecular complexity index is 1500. The summed E-state index contributed by atoms with van der Waals surface area (Å²) >= 11 is 0. The molecule has 4 unspecified atom stereocenters. The summed E-state index contributed by atoms with van der Waals surface area (Å²) in [6.45, 7) is 18.2. The largest absolute Gasteiger partial charge is 0.462 e. The Labute approximate surface area is 351 Å². The number of esters is 4. The molecule has 0 amide bonds. The van der Waals surface area contributed by atoms with Gasteiger partial charge in [-0.05, 0) is 91.5 Å². The standard InChI is InChI=1S/C50H78O8/c1-9-17-22-37(13-5)33-55-47(51)43-31-29-41(32-45(43)49(53)57-35-39(15-7)24-19-11-3)28-30-42-26-21-27-44(48(52)56-34-38(14-6)23-18-10-2)46(42)50(54)58-36-40(16-8)25-20-12-4/h21,26-27,29,31-32,37-40H,9-20,22-25,28,30,33-36H2,1-8H3. The fraction of sp³-hybridized carbons (Fsp3) is 0.680. The molecule has 8 nitrogen and oxygen atoms in total. The van der Waals surface area contributed by atoms with E-state index in [9.17, 15) is 19.2 Å². The van der Waals surface area contributed by atoms with Gasteiger partial charge in [-0.1, -0.05) is 151 Å². The van der Waals surface area contributed by atoms with Crippen molar-refractivity contribution in [2.24, 2.45) is 23.7 Å². The molecule has 0 aromatic heterocycles. The summed E-state index contributed by atoms with van der Waals surface area (Å²) in [5.74, 6) is -1.15. The Morgan fingerprint density at radius 3 is 1.26 bits per heavy atom. The summed E-state index contributed by atoms with van der Waals surface area (Å²) in [5, 5.41) is 0. The third kappa shape index (κ3) is 17.7. The van der Waals surface area contributed by atoms with E-state index in [1.54, 1.807) is 24.3 Å². The van der Waals surface area contributed by atoms with E-state index in [2.05, 4.69) is 55.4 Å². The summed E-state index contributed by atoms with van der Waals surface area (Å²) in [6, 6.07) is 10.5. The molecule has 0 N–H and O–H groups in total. The Morgan fingerprint density at radius 2 is 0.845 bits per heavy atom. The zero-order valence-corrected chi connectivity index (χ0v) is 37.6. The van der Waals surface area contributed by atoms with Gasteiger partial charge in [-0.3, -0.25) is 0 Å². The summed E-state index contributed by atoms with van der Waals surface area (Å²) in [5.41, 5.74) is 2.24. The Morgan fingerprint density at radius 1 is 0.448 bits per heavy atom. The van der Waals surface area contributed by atoms with Gasteiger partial charge < -0.3 is 18.9 Å². The minimum Gasteiger partial charge on any atom is -0.462 e. The topological polar surface area (TPSA) is 105 Å². The van der Waals surface area contributed by atoms with E-state index in [4.69, 9.17) is 18.9 Å². The van der Waals surface area contributed by atoms with Crippen molar-refractivity contribution in [2.45, 2.75) is 171 Å². The molecule has 0 bridgehead atoms. The van der Waals surface area contributed by atoms with Crippen LogP contribution in [0.25, 0.3) is 0 Å². The molecule has 0 aliphatic heterocycles. The molecule has 0 aliphatic carbocycles. The van der Waals surface area contributed by atoms with Crippen LogP contribution in [0.5, 0.6) is 0 Å². The molecule has 2 aromatic carbocycles. The van der Waals surface area contributed by atoms with Gasteiger partial charge in [0.05, 0.1) is 48.7 Å². The molecule has 8 heteroatoms. The lowest BCUT2D eigenvalue weighted by Gasteiger charge is -2.19. The van der Waals surface area contributed by atoms with Crippen LogP contribution in [0, 0.1) is 23.7 Å². The Hall–Kier alpha value is -3.68.